The molecule has 2 aromatic rings. The number of aliphatic carboxylic acids is 1. The van der Waals surface area contributed by atoms with Crippen molar-refractivity contribution < 1.29 is 14.6 Å². The molecule has 1 heterocycles. The lowest BCUT2D eigenvalue weighted by Gasteiger charge is -2.05. The number of pyridine rings is 1. The fraction of sp³-hybridized carbons (Fsp3) is 0.143. The van der Waals surface area contributed by atoms with E-state index in [1.54, 1.807) is 12.3 Å². The third-order valence-corrected chi connectivity index (χ3v) is 2.43. The Kier molecular flexibility index (Phi) is 3.57. The van der Waals surface area contributed by atoms with E-state index in [1.807, 2.05) is 31.2 Å². The summed E-state index contributed by atoms with van der Waals surface area (Å²) in [5.41, 5.74) is 3.23. The van der Waals surface area contributed by atoms with Crippen LogP contribution in [0.4, 0.5) is 0 Å². The van der Waals surface area contributed by atoms with Crippen molar-refractivity contribution in [2.45, 2.75) is 6.92 Å². The predicted octanol–water partition coefficient (Wildman–Crippen LogP) is 2.52. The van der Waals surface area contributed by atoms with Crippen LogP contribution in [0.15, 0.2) is 42.6 Å². The van der Waals surface area contributed by atoms with Gasteiger partial charge in [-0.1, -0.05) is 29.8 Å². The number of hydrogen-bond donors (Lipinski definition) is 1. The summed E-state index contributed by atoms with van der Waals surface area (Å²) in [5, 5.41) is 8.49. The highest BCUT2D eigenvalue weighted by Gasteiger charge is 2.02. The van der Waals surface area contributed by atoms with Gasteiger partial charge >= 0.3 is 5.97 Å². The zero-order chi connectivity index (χ0) is 13.0. The molecule has 2 rings (SSSR count). The maximum absolute atomic E-state index is 10.3. The van der Waals surface area contributed by atoms with Gasteiger partial charge in [0.25, 0.3) is 0 Å². The average molecular weight is 243 g/mol. The van der Waals surface area contributed by atoms with Gasteiger partial charge in [0, 0.05) is 17.8 Å². The molecule has 0 aliphatic rings. The molecule has 0 bridgehead atoms. The smallest absolute Gasteiger partial charge is 0.341 e. The van der Waals surface area contributed by atoms with Gasteiger partial charge in [0.15, 0.2) is 6.61 Å². The molecular formula is C14H13NO3. The Morgan fingerprint density at radius 1 is 1.28 bits per heavy atom. The molecule has 0 aliphatic carbocycles. The van der Waals surface area contributed by atoms with Gasteiger partial charge < -0.3 is 9.84 Å². The Morgan fingerprint density at radius 3 is 2.72 bits per heavy atom. The van der Waals surface area contributed by atoms with Gasteiger partial charge in [0.05, 0.1) is 0 Å². The number of carbonyl (C=O) groups is 1. The Morgan fingerprint density at radius 2 is 2.11 bits per heavy atom. The molecule has 1 aromatic carbocycles. The second-order valence-electron chi connectivity index (χ2n) is 3.94. The lowest BCUT2D eigenvalue weighted by molar-refractivity contribution is -0.139. The predicted molar refractivity (Wildman–Crippen MR) is 67.5 cm³/mol. The molecule has 0 spiro atoms. The highest BCUT2D eigenvalue weighted by molar-refractivity contribution is 5.68. The molecule has 0 saturated carbocycles. The summed E-state index contributed by atoms with van der Waals surface area (Å²) in [4.78, 5) is 14.4. The number of aromatic nitrogens is 1. The van der Waals surface area contributed by atoms with Crippen molar-refractivity contribution in [3.8, 4) is 17.0 Å². The minimum atomic E-state index is -1.01. The van der Waals surface area contributed by atoms with Crippen molar-refractivity contribution >= 4 is 5.97 Å². The second kappa shape index (κ2) is 5.31. The van der Waals surface area contributed by atoms with Crippen LogP contribution in [0.1, 0.15) is 5.56 Å². The number of aryl methyl sites for hydroxylation is 1. The third kappa shape index (κ3) is 3.07. The molecule has 4 nitrogen and oxygen atoms in total. The van der Waals surface area contributed by atoms with E-state index in [0.717, 1.165) is 11.1 Å². The minimum absolute atomic E-state index is 0.314. The van der Waals surface area contributed by atoms with E-state index in [0.29, 0.717) is 5.88 Å². The third-order valence-electron chi connectivity index (χ3n) is 2.43. The van der Waals surface area contributed by atoms with E-state index in [2.05, 4.69) is 11.1 Å². The van der Waals surface area contributed by atoms with Crippen LogP contribution in [0.3, 0.4) is 0 Å². The molecule has 0 radical (unpaired) electrons. The van der Waals surface area contributed by atoms with Crippen LogP contribution in [0.25, 0.3) is 11.1 Å². The average Bonchev–Trinajstić information content (AvgIpc) is 2.37. The lowest BCUT2D eigenvalue weighted by atomic mass is 10.1. The molecular weight excluding hydrogens is 230 g/mol. The van der Waals surface area contributed by atoms with E-state index in [4.69, 9.17) is 9.84 Å². The second-order valence-corrected chi connectivity index (χ2v) is 3.94. The van der Waals surface area contributed by atoms with Crippen LogP contribution in [0, 0.1) is 6.92 Å². The van der Waals surface area contributed by atoms with Crippen molar-refractivity contribution in [1.29, 1.82) is 0 Å². The first-order valence-electron chi connectivity index (χ1n) is 5.53. The quantitative estimate of drug-likeness (QED) is 0.896. The van der Waals surface area contributed by atoms with E-state index >= 15 is 0 Å². The van der Waals surface area contributed by atoms with E-state index < -0.39 is 5.97 Å². The Bertz CT molecular complexity index is 549. The number of rotatable bonds is 4. The summed E-state index contributed by atoms with van der Waals surface area (Å²) >= 11 is 0. The molecule has 0 atom stereocenters. The van der Waals surface area contributed by atoms with Crippen molar-refractivity contribution in [1.82, 2.24) is 4.98 Å². The molecule has 1 aromatic heterocycles. The van der Waals surface area contributed by atoms with Gasteiger partial charge in [-0.15, -0.1) is 0 Å². The van der Waals surface area contributed by atoms with Crippen molar-refractivity contribution in [2.75, 3.05) is 6.61 Å². The standard InChI is InChI=1S/C14H13NO3/c1-10-3-2-4-11(7-10)12-5-6-13(15-8-12)18-9-14(16)17/h2-8H,9H2,1H3,(H,16,17). The van der Waals surface area contributed by atoms with E-state index in [1.165, 1.54) is 5.56 Å². The number of nitrogens with zero attached hydrogens (tertiary/aromatic N) is 1. The Balaban J connectivity index is 2.14. The van der Waals surface area contributed by atoms with Gasteiger partial charge in [-0.25, -0.2) is 9.78 Å². The number of carboxylic acids is 1. The molecule has 1 N–H and O–H groups in total. The zero-order valence-electron chi connectivity index (χ0n) is 9.96. The SMILES string of the molecule is Cc1cccc(-c2ccc(OCC(=O)O)nc2)c1. The maximum Gasteiger partial charge on any atom is 0.341 e. The van der Waals surface area contributed by atoms with Gasteiger partial charge in [0.1, 0.15) is 0 Å². The van der Waals surface area contributed by atoms with Crippen LogP contribution in [-0.4, -0.2) is 22.7 Å². The molecule has 92 valence electrons. The first-order valence-corrected chi connectivity index (χ1v) is 5.53. The van der Waals surface area contributed by atoms with Crippen molar-refractivity contribution in [2.24, 2.45) is 0 Å². The maximum atomic E-state index is 10.3. The van der Waals surface area contributed by atoms with Crippen molar-refractivity contribution in [3.05, 3.63) is 48.2 Å². The minimum Gasteiger partial charge on any atom is -0.479 e. The molecule has 0 fully saturated rings. The molecule has 4 heteroatoms. The van der Waals surface area contributed by atoms with Crippen LogP contribution in [0.5, 0.6) is 5.88 Å². The topological polar surface area (TPSA) is 59.4 Å². The molecule has 0 saturated heterocycles. The summed E-state index contributed by atoms with van der Waals surface area (Å²) in [6.45, 7) is 1.65. The first-order chi connectivity index (χ1) is 8.65. The van der Waals surface area contributed by atoms with Crippen LogP contribution < -0.4 is 4.74 Å². The monoisotopic (exact) mass is 243 g/mol. The molecule has 0 aliphatic heterocycles. The largest absolute Gasteiger partial charge is 0.479 e. The van der Waals surface area contributed by atoms with Gasteiger partial charge in [0.2, 0.25) is 5.88 Å². The molecule has 18 heavy (non-hydrogen) atoms. The Labute approximate surface area is 105 Å². The number of hydrogen-bond acceptors (Lipinski definition) is 3. The van der Waals surface area contributed by atoms with Gasteiger partial charge in [-0.3, -0.25) is 0 Å². The fourth-order valence-electron chi connectivity index (χ4n) is 1.60. The van der Waals surface area contributed by atoms with Crippen molar-refractivity contribution in [3.63, 3.8) is 0 Å². The Hall–Kier alpha value is -2.36. The molecule has 0 unspecified atom stereocenters. The zero-order valence-corrected chi connectivity index (χ0v) is 9.96. The van der Waals surface area contributed by atoms with E-state index in [-0.39, 0.29) is 6.61 Å². The number of benzene rings is 1. The summed E-state index contributed by atoms with van der Waals surface area (Å²) in [5.74, 6) is -0.701. The fourth-order valence-corrected chi connectivity index (χ4v) is 1.60. The van der Waals surface area contributed by atoms with Gasteiger partial charge in [-0.2, -0.15) is 0 Å². The number of carboxylic acid groups (broad SMARTS) is 1. The van der Waals surface area contributed by atoms with E-state index in [9.17, 15) is 4.79 Å². The highest BCUT2D eigenvalue weighted by Crippen LogP contribution is 2.21. The first kappa shape index (κ1) is 12.1. The normalized spacial score (nSPS) is 10.1. The number of ether oxygens (including phenoxy) is 1. The lowest BCUT2D eigenvalue weighted by Crippen LogP contribution is -2.10. The van der Waals surface area contributed by atoms with Crippen LogP contribution in [0.2, 0.25) is 0 Å². The summed E-state index contributed by atoms with van der Waals surface area (Å²) in [6, 6.07) is 11.6. The van der Waals surface area contributed by atoms with Crippen LogP contribution >= 0.6 is 0 Å². The highest BCUT2D eigenvalue weighted by atomic mass is 16.5. The van der Waals surface area contributed by atoms with Gasteiger partial charge in [-0.05, 0) is 18.6 Å². The molecule has 0 amide bonds. The summed E-state index contributed by atoms with van der Waals surface area (Å²) in [6.07, 6.45) is 1.67. The summed E-state index contributed by atoms with van der Waals surface area (Å²) in [7, 11) is 0. The van der Waals surface area contributed by atoms with Crippen LogP contribution in [-0.2, 0) is 4.79 Å². The summed E-state index contributed by atoms with van der Waals surface area (Å²) < 4.78 is 4.97.